The molecule has 5 rings (SSSR count). The fourth-order valence-corrected chi connectivity index (χ4v) is 4.06. The maximum atomic E-state index is 13.4. The third-order valence-electron chi connectivity index (χ3n) is 6.06. The van der Waals surface area contributed by atoms with Crippen LogP contribution >= 0.6 is 0 Å². The van der Waals surface area contributed by atoms with E-state index in [0.29, 0.717) is 24.4 Å². The molecule has 0 aliphatic carbocycles. The quantitative estimate of drug-likeness (QED) is 0.355. The zero-order chi connectivity index (χ0) is 24.9. The minimum absolute atomic E-state index is 0.152. The van der Waals surface area contributed by atoms with E-state index in [1.807, 2.05) is 97.9 Å². The maximum Gasteiger partial charge on any atom is 0.294 e. The fourth-order valence-electron chi connectivity index (χ4n) is 4.06. The lowest BCUT2D eigenvalue weighted by Gasteiger charge is -2.30. The first-order valence-electron chi connectivity index (χ1n) is 11.8. The number of carbonyl (C=O) groups excluding carboxylic acids is 2. The summed E-state index contributed by atoms with van der Waals surface area (Å²) in [7, 11) is 0. The van der Waals surface area contributed by atoms with Crippen LogP contribution in [0.5, 0.6) is 5.75 Å². The molecule has 2 amide bonds. The number of hydrogen-bond donors (Lipinski definition) is 1. The van der Waals surface area contributed by atoms with E-state index in [2.05, 4.69) is 5.32 Å². The van der Waals surface area contributed by atoms with Crippen molar-refractivity contribution < 1.29 is 14.3 Å². The molecule has 4 aromatic rings. The highest BCUT2D eigenvalue weighted by atomic mass is 16.5. The molecular formula is C31H26N2O3. The number of carbonyl (C=O) groups is 2. The third kappa shape index (κ3) is 5.20. The average Bonchev–Trinajstić information content (AvgIpc) is 2.92. The van der Waals surface area contributed by atoms with Crippen LogP contribution < -0.4 is 15.0 Å². The van der Waals surface area contributed by atoms with Crippen molar-refractivity contribution in [2.24, 2.45) is 0 Å². The topological polar surface area (TPSA) is 58.6 Å². The largest absolute Gasteiger partial charge is 0.449 e. The van der Waals surface area contributed by atoms with Crippen LogP contribution in [0.1, 0.15) is 32.6 Å². The van der Waals surface area contributed by atoms with E-state index in [4.69, 9.17) is 4.74 Å². The Bertz CT molecular complexity index is 1410. The number of nitrogens with zero attached hydrogens (tertiary/aromatic N) is 1. The number of rotatable bonds is 6. The van der Waals surface area contributed by atoms with Crippen LogP contribution in [0.15, 0.2) is 109 Å². The van der Waals surface area contributed by atoms with E-state index in [1.165, 1.54) is 5.56 Å². The van der Waals surface area contributed by atoms with Crippen molar-refractivity contribution in [2.45, 2.75) is 20.0 Å². The summed E-state index contributed by atoms with van der Waals surface area (Å²) < 4.78 is 5.99. The Balaban J connectivity index is 1.34. The van der Waals surface area contributed by atoms with Crippen molar-refractivity contribution in [3.05, 3.63) is 137 Å². The number of benzene rings is 4. The SMILES string of the molecule is Cc1ccc(CN2C(=O)/C(=C\c3ccc(C(=O)NCc4ccccc4)cc3)Oc3ccccc32)cc1. The van der Waals surface area contributed by atoms with E-state index < -0.39 is 0 Å². The predicted octanol–water partition coefficient (Wildman–Crippen LogP) is 5.89. The molecule has 4 aromatic carbocycles. The molecule has 0 aromatic heterocycles. The summed E-state index contributed by atoms with van der Waals surface area (Å²) in [5, 5.41) is 2.93. The van der Waals surface area contributed by atoms with Crippen LogP contribution in [-0.4, -0.2) is 11.8 Å². The summed E-state index contributed by atoms with van der Waals surface area (Å²) in [4.78, 5) is 27.7. The fraction of sp³-hybridized carbons (Fsp3) is 0.0968. The van der Waals surface area contributed by atoms with E-state index in [9.17, 15) is 9.59 Å². The lowest BCUT2D eigenvalue weighted by Crippen LogP contribution is -2.36. The average molecular weight is 475 g/mol. The van der Waals surface area contributed by atoms with Gasteiger partial charge in [0.15, 0.2) is 11.5 Å². The van der Waals surface area contributed by atoms with Crippen molar-refractivity contribution >= 4 is 23.6 Å². The molecule has 0 saturated carbocycles. The Hall–Kier alpha value is -4.64. The number of ether oxygens (including phenoxy) is 1. The first-order valence-corrected chi connectivity index (χ1v) is 11.8. The number of fused-ring (bicyclic) bond motifs is 1. The van der Waals surface area contributed by atoms with Gasteiger partial charge in [-0.1, -0.05) is 84.4 Å². The monoisotopic (exact) mass is 474 g/mol. The molecule has 5 nitrogen and oxygen atoms in total. The Kier molecular flexibility index (Phi) is 6.63. The van der Waals surface area contributed by atoms with E-state index >= 15 is 0 Å². The van der Waals surface area contributed by atoms with Crippen LogP contribution in [0, 0.1) is 6.92 Å². The minimum Gasteiger partial charge on any atom is -0.449 e. The molecule has 0 atom stereocenters. The highest BCUT2D eigenvalue weighted by Crippen LogP contribution is 2.36. The molecule has 0 radical (unpaired) electrons. The van der Waals surface area contributed by atoms with Gasteiger partial charge >= 0.3 is 0 Å². The molecule has 0 unspecified atom stereocenters. The maximum absolute atomic E-state index is 13.4. The Morgan fingerprint density at radius 3 is 2.28 bits per heavy atom. The molecular weight excluding hydrogens is 448 g/mol. The number of anilines is 1. The van der Waals surface area contributed by atoms with Gasteiger partial charge in [0.25, 0.3) is 11.8 Å². The van der Waals surface area contributed by atoms with Crippen LogP contribution in [-0.2, 0) is 17.9 Å². The second-order valence-electron chi connectivity index (χ2n) is 8.75. The number of nitrogens with one attached hydrogen (secondary N) is 1. The smallest absolute Gasteiger partial charge is 0.294 e. The number of hydrogen-bond acceptors (Lipinski definition) is 3. The van der Waals surface area contributed by atoms with E-state index in [0.717, 1.165) is 22.4 Å². The molecule has 178 valence electrons. The van der Waals surface area contributed by atoms with Crippen LogP contribution in [0.4, 0.5) is 5.69 Å². The van der Waals surface area contributed by atoms with Crippen molar-refractivity contribution in [3.8, 4) is 5.75 Å². The number of amides is 2. The van der Waals surface area contributed by atoms with Gasteiger partial charge in [-0.05, 0) is 54.0 Å². The molecule has 36 heavy (non-hydrogen) atoms. The van der Waals surface area contributed by atoms with E-state index in [-0.39, 0.29) is 17.6 Å². The Morgan fingerprint density at radius 2 is 1.53 bits per heavy atom. The summed E-state index contributed by atoms with van der Waals surface area (Å²) in [6, 6.07) is 32.6. The molecule has 1 N–H and O–H groups in total. The molecule has 1 heterocycles. The third-order valence-corrected chi connectivity index (χ3v) is 6.06. The van der Waals surface area contributed by atoms with Crippen LogP contribution in [0.25, 0.3) is 6.08 Å². The van der Waals surface area contributed by atoms with Gasteiger partial charge < -0.3 is 10.1 Å². The van der Waals surface area contributed by atoms with Gasteiger partial charge in [0, 0.05) is 12.1 Å². The lowest BCUT2D eigenvalue weighted by atomic mass is 10.1. The van der Waals surface area contributed by atoms with Gasteiger partial charge in [0.2, 0.25) is 0 Å². The first-order chi connectivity index (χ1) is 17.6. The molecule has 0 fully saturated rings. The Labute approximate surface area is 210 Å². The zero-order valence-electron chi connectivity index (χ0n) is 20.0. The summed E-state index contributed by atoms with van der Waals surface area (Å²) in [5.41, 5.74) is 5.31. The van der Waals surface area contributed by atoms with Gasteiger partial charge in [-0.15, -0.1) is 0 Å². The van der Waals surface area contributed by atoms with Crippen molar-refractivity contribution in [3.63, 3.8) is 0 Å². The second kappa shape index (κ2) is 10.3. The van der Waals surface area contributed by atoms with Crippen LogP contribution in [0.3, 0.4) is 0 Å². The molecule has 5 heteroatoms. The van der Waals surface area contributed by atoms with Crippen LogP contribution in [0.2, 0.25) is 0 Å². The van der Waals surface area contributed by atoms with Gasteiger partial charge in [0.05, 0.1) is 12.2 Å². The Morgan fingerprint density at radius 1 is 0.833 bits per heavy atom. The normalized spacial score (nSPS) is 13.8. The summed E-state index contributed by atoms with van der Waals surface area (Å²) >= 11 is 0. The van der Waals surface area contributed by atoms with Gasteiger partial charge in [-0.2, -0.15) is 0 Å². The lowest BCUT2D eigenvalue weighted by molar-refractivity contribution is -0.117. The standard InChI is InChI=1S/C31H26N2O3/c1-22-11-13-25(14-12-22)21-33-27-9-5-6-10-28(27)36-29(31(33)35)19-23-15-17-26(18-16-23)30(34)32-20-24-7-3-2-4-8-24/h2-19H,20-21H2,1H3,(H,32,34)/b29-19+. The second-order valence-corrected chi connectivity index (χ2v) is 8.75. The highest BCUT2D eigenvalue weighted by Gasteiger charge is 2.30. The van der Waals surface area contributed by atoms with Gasteiger partial charge in [-0.3, -0.25) is 14.5 Å². The predicted molar refractivity (Wildman–Crippen MR) is 141 cm³/mol. The number of para-hydroxylation sites is 2. The molecule has 1 aliphatic heterocycles. The highest BCUT2D eigenvalue weighted by molar-refractivity contribution is 6.09. The molecule has 0 bridgehead atoms. The van der Waals surface area contributed by atoms with Crippen molar-refractivity contribution in [1.29, 1.82) is 0 Å². The number of aryl methyl sites for hydroxylation is 1. The summed E-state index contributed by atoms with van der Waals surface area (Å²) in [5.74, 6) is 0.509. The van der Waals surface area contributed by atoms with E-state index in [1.54, 1.807) is 23.1 Å². The molecule has 0 spiro atoms. The summed E-state index contributed by atoms with van der Waals surface area (Å²) in [6.45, 7) is 2.94. The van der Waals surface area contributed by atoms with Gasteiger partial charge in [0.1, 0.15) is 0 Å². The zero-order valence-corrected chi connectivity index (χ0v) is 20.0. The first kappa shape index (κ1) is 23.1. The minimum atomic E-state index is -0.209. The van der Waals surface area contributed by atoms with Gasteiger partial charge in [-0.25, -0.2) is 0 Å². The van der Waals surface area contributed by atoms with Crippen molar-refractivity contribution in [2.75, 3.05) is 4.90 Å². The summed E-state index contributed by atoms with van der Waals surface area (Å²) in [6.07, 6.45) is 1.71. The molecule has 0 saturated heterocycles. The molecule has 1 aliphatic rings. The van der Waals surface area contributed by atoms with Crippen molar-refractivity contribution in [1.82, 2.24) is 5.32 Å².